The van der Waals surface area contributed by atoms with Gasteiger partial charge in [-0.25, -0.2) is 0 Å². The zero-order valence-corrected chi connectivity index (χ0v) is 10.9. The second kappa shape index (κ2) is 7.01. The average Bonchev–Trinajstić information content (AvgIpc) is 2.34. The number of aromatic hydroxyl groups is 1. The third-order valence-corrected chi connectivity index (χ3v) is 2.87. The van der Waals surface area contributed by atoms with E-state index in [2.05, 4.69) is 5.32 Å². The van der Waals surface area contributed by atoms with E-state index in [0.717, 1.165) is 18.4 Å². The molecule has 3 N–H and O–H groups in total. The molecule has 1 atom stereocenters. The number of aryl methyl sites for hydroxylation is 1. The van der Waals surface area contributed by atoms with Crippen molar-refractivity contribution in [3.63, 3.8) is 0 Å². The van der Waals surface area contributed by atoms with E-state index in [9.17, 15) is 9.90 Å². The Morgan fingerprint density at radius 2 is 2.17 bits per heavy atom. The summed E-state index contributed by atoms with van der Waals surface area (Å²) in [5.74, 6) is 0.00931. The monoisotopic (exact) mass is 251 g/mol. The molecule has 1 aromatic carbocycles. The number of phenolic OH excluding ortho intramolecular Hbond substituents is 1. The van der Waals surface area contributed by atoms with Crippen molar-refractivity contribution < 1.29 is 15.0 Å². The Kier molecular flexibility index (Phi) is 5.65. The van der Waals surface area contributed by atoms with E-state index in [0.29, 0.717) is 12.1 Å². The van der Waals surface area contributed by atoms with Crippen molar-refractivity contribution in [1.29, 1.82) is 0 Å². The molecule has 4 heteroatoms. The summed E-state index contributed by atoms with van der Waals surface area (Å²) >= 11 is 0. The molecule has 0 aliphatic rings. The van der Waals surface area contributed by atoms with Gasteiger partial charge < -0.3 is 15.5 Å². The number of rotatable bonds is 6. The van der Waals surface area contributed by atoms with Crippen LogP contribution in [0.25, 0.3) is 0 Å². The molecule has 1 rings (SSSR count). The minimum atomic E-state index is -0.260. The van der Waals surface area contributed by atoms with Crippen LogP contribution in [-0.2, 0) is 0 Å². The summed E-state index contributed by atoms with van der Waals surface area (Å²) in [6, 6.07) is 4.99. The highest BCUT2D eigenvalue weighted by Crippen LogP contribution is 2.18. The number of nitrogens with one attached hydrogen (secondary N) is 1. The van der Waals surface area contributed by atoms with Gasteiger partial charge in [-0.2, -0.15) is 0 Å². The molecule has 0 bridgehead atoms. The highest BCUT2D eigenvalue weighted by molar-refractivity contribution is 5.96. The fourth-order valence-electron chi connectivity index (χ4n) is 1.67. The summed E-state index contributed by atoms with van der Waals surface area (Å²) in [4.78, 5) is 11.8. The Hall–Kier alpha value is -1.55. The molecule has 0 radical (unpaired) electrons. The van der Waals surface area contributed by atoms with E-state index in [-0.39, 0.29) is 24.2 Å². The van der Waals surface area contributed by atoms with Crippen molar-refractivity contribution in [1.82, 2.24) is 5.32 Å². The molecule has 4 nitrogen and oxygen atoms in total. The molecule has 1 amide bonds. The number of phenols is 1. The molecule has 0 saturated carbocycles. The summed E-state index contributed by atoms with van der Waals surface area (Å²) in [7, 11) is 0. The molecule has 0 heterocycles. The van der Waals surface area contributed by atoms with E-state index in [1.54, 1.807) is 18.2 Å². The third kappa shape index (κ3) is 4.37. The van der Waals surface area contributed by atoms with Crippen molar-refractivity contribution in [3.8, 4) is 5.75 Å². The maximum atomic E-state index is 11.8. The van der Waals surface area contributed by atoms with Crippen molar-refractivity contribution in [2.75, 3.05) is 13.2 Å². The van der Waals surface area contributed by atoms with Crippen LogP contribution in [-0.4, -0.2) is 29.3 Å². The number of hydrogen-bond acceptors (Lipinski definition) is 3. The van der Waals surface area contributed by atoms with Crippen molar-refractivity contribution in [2.45, 2.75) is 26.7 Å². The van der Waals surface area contributed by atoms with Crippen molar-refractivity contribution in [3.05, 3.63) is 29.3 Å². The molecular formula is C14H21NO3. The molecule has 0 fully saturated rings. The van der Waals surface area contributed by atoms with Crippen LogP contribution in [0.4, 0.5) is 0 Å². The molecule has 1 aromatic rings. The molecule has 0 aliphatic heterocycles. The first-order valence-electron chi connectivity index (χ1n) is 6.23. The fourth-order valence-corrected chi connectivity index (χ4v) is 1.67. The second-order valence-corrected chi connectivity index (χ2v) is 4.71. The summed E-state index contributed by atoms with van der Waals surface area (Å²) in [6.07, 6.45) is 1.69. The molecular weight excluding hydrogens is 230 g/mol. The molecule has 0 aliphatic carbocycles. The number of aliphatic hydroxyl groups excluding tert-OH is 1. The smallest absolute Gasteiger partial charge is 0.255 e. The quantitative estimate of drug-likeness (QED) is 0.676. The highest BCUT2D eigenvalue weighted by atomic mass is 16.3. The van der Waals surface area contributed by atoms with E-state index in [4.69, 9.17) is 5.11 Å². The second-order valence-electron chi connectivity index (χ2n) is 4.71. The van der Waals surface area contributed by atoms with Crippen LogP contribution >= 0.6 is 0 Å². The molecule has 18 heavy (non-hydrogen) atoms. The highest BCUT2D eigenvalue weighted by Gasteiger charge is 2.10. The van der Waals surface area contributed by atoms with Gasteiger partial charge in [0.25, 0.3) is 5.91 Å². The first kappa shape index (κ1) is 14.5. The van der Waals surface area contributed by atoms with Crippen LogP contribution < -0.4 is 5.32 Å². The van der Waals surface area contributed by atoms with Crippen LogP contribution in [0.1, 0.15) is 35.7 Å². The SMILES string of the molecule is Cc1ccc(C(=O)NCCCC(C)CO)c(O)c1. The Bertz CT molecular complexity index is 404. The van der Waals surface area contributed by atoms with Crippen LogP contribution in [0, 0.1) is 12.8 Å². The summed E-state index contributed by atoms with van der Waals surface area (Å²) in [6.45, 7) is 4.55. The Balaban J connectivity index is 2.41. The molecule has 0 spiro atoms. The van der Waals surface area contributed by atoms with E-state index in [1.807, 2.05) is 13.8 Å². The van der Waals surface area contributed by atoms with Gasteiger partial charge in [-0.1, -0.05) is 13.0 Å². The Morgan fingerprint density at radius 1 is 1.44 bits per heavy atom. The van der Waals surface area contributed by atoms with Crippen LogP contribution in [0.15, 0.2) is 18.2 Å². The van der Waals surface area contributed by atoms with Gasteiger partial charge in [-0.05, 0) is 43.4 Å². The van der Waals surface area contributed by atoms with Gasteiger partial charge in [-0.3, -0.25) is 4.79 Å². The largest absolute Gasteiger partial charge is 0.507 e. The first-order chi connectivity index (χ1) is 8.54. The lowest BCUT2D eigenvalue weighted by Gasteiger charge is -2.09. The standard InChI is InChI=1S/C14H21NO3/c1-10-5-6-12(13(17)8-10)14(18)15-7-3-4-11(2)9-16/h5-6,8,11,16-17H,3-4,7,9H2,1-2H3,(H,15,18). The van der Waals surface area contributed by atoms with E-state index >= 15 is 0 Å². The minimum Gasteiger partial charge on any atom is -0.507 e. The van der Waals surface area contributed by atoms with Crippen LogP contribution in [0.5, 0.6) is 5.75 Å². The zero-order chi connectivity index (χ0) is 13.5. The van der Waals surface area contributed by atoms with Gasteiger partial charge in [0.05, 0.1) is 5.56 Å². The minimum absolute atomic E-state index is 0.0104. The van der Waals surface area contributed by atoms with E-state index in [1.165, 1.54) is 0 Å². The maximum absolute atomic E-state index is 11.8. The predicted molar refractivity (Wildman–Crippen MR) is 70.7 cm³/mol. The van der Waals surface area contributed by atoms with Crippen molar-refractivity contribution in [2.24, 2.45) is 5.92 Å². The normalized spacial score (nSPS) is 12.2. The number of carbonyl (C=O) groups is 1. The summed E-state index contributed by atoms with van der Waals surface area (Å²) in [5, 5.41) is 21.3. The van der Waals surface area contributed by atoms with Crippen LogP contribution in [0.3, 0.4) is 0 Å². The predicted octanol–water partition coefficient (Wildman–Crippen LogP) is 1.84. The number of benzene rings is 1. The number of carbonyl (C=O) groups excluding carboxylic acids is 1. The summed E-state index contributed by atoms with van der Waals surface area (Å²) < 4.78 is 0. The third-order valence-electron chi connectivity index (χ3n) is 2.87. The maximum Gasteiger partial charge on any atom is 0.255 e. The molecule has 0 aromatic heterocycles. The first-order valence-corrected chi connectivity index (χ1v) is 6.23. The van der Waals surface area contributed by atoms with Crippen molar-refractivity contribution >= 4 is 5.91 Å². The Morgan fingerprint density at radius 3 is 2.78 bits per heavy atom. The average molecular weight is 251 g/mol. The van der Waals surface area contributed by atoms with Gasteiger partial charge >= 0.3 is 0 Å². The number of aliphatic hydroxyl groups is 1. The van der Waals surface area contributed by atoms with Crippen LogP contribution in [0.2, 0.25) is 0 Å². The lowest BCUT2D eigenvalue weighted by molar-refractivity contribution is 0.0949. The van der Waals surface area contributed by atoms with E-state index < -0.39 is 0 Å². The van der Waals surface area contributed by atoms with Gasteiger partial charge in [0, 0.05) is 13.2 Å². The van der Waals surface area contributed by atoms with Gasteiger partial charge in [0.1, 0.15) is 5.75 Å². The summed E-state index contributed by atoms with van der Waals surface area (Å²) in [5.41, 5.74) is 1.22. The topological polar surface area (TPSA) is 69.6 Å². The Labute approximate surface area is 108 Å². The van der Waals surface area contributed by atoms with Gasteiger partial charge in [-0.15, -0.1) is 0 Å². The lowest BCUT2D eigenvalue weighted by Crippen LogP contribution is -2.25. The zero-order valence-electron chi connectivity index (χ0n) is 10.9. The number of hydrogen-bond donors (Lipinski definition) is 3. The molecule has 1 unspecified atom stereocenters. The number of amides is 1. The molecule has 100 valence electrons. The fraction of sp³-hybridized carbons (Fsp3) is 0.500. The van der Waals surface area contributed by atoms with Gasteiger partial charge in [0.15, 0.2) is 0 Å². The lowest BCUT2D eigenvalue weighted by atomic mass is 10.1. The molecule has 0 saturated heterocycles. The van der Waals surface area contributed by atoms with Gasteiger partial charge in [0.2, 0.25) is 0 Å².